The molecule has 1 rings (SSSR count). The highest BCUT2D eigenvalue weighted by atomic mass is 19.1. The molecule has 0 aliphatic rings. The second-order valence-electron chi connectivity index (χ2n) is 2.20. The van der Waals surface area contributed by atoms with Gasteiger partial charge in [-0.1, -0.05) is 0 Å². The smallest absolute Gasteiger partial charge is 0.181 e. The Labute approximate surface area is 69.9 Å². The first-order valence-corrected chi connectivity index (χ1v) is 3.36. The molecule has 0 aliphatic carbocycles. The summed E-state index contributed by atoms with van der Waals surface area (Å²) in [6.07, 6.45) is 0. The quantitative estimate of drug-likeness (QED) is 0.684. The molecule has 66 valence electrons. The molecule has 2 N–H and O–H groups in total. The maximum Gasteiger partial charge on any atom is 0.181 e. The van der Waals surface area contributed by atoms with Crippen LogP contribution in [0.25, 0.3) is 0 Å². The first-order chi connectivity index (χ1) is 5.70. The van der Waals surface area contributed by atoms with E-state index in [4.69, 9.17) is 15.2 Å². The Hall–Kier alpha value is -1.45. The van der Waals surface area contributed by atoms with Crippen LogP contribution in [0.1, 0.15) is 0 Å². The fraction of sp³-hybridized carbons (Fsp3) is 0.250. The Kier molecular flexibility index (Phi) is 2.38. The minimum atomic E-state index is -0.490. The third-order valence-corrected chi connectivity index (χ3v) is 1.53. The average Bonchev–Trinajstić information content (AvgIpc) is 2.06. The normalized spacial score (nSPS) is 9.58. The van der Waals surface area contributed by atoms with Gasteiger partial charge >= 0.3 is 0 Å². The molecule has 0 saturated carbocycles. The zero-order valence-electron chi connectivity index (χ0n) is 6.93. The molecule has 1 aromatic carbocycles. The van der Waals surface area contributed by atoms with Gasteiger partial charge in [0, 0.05) is 0 Å². The van der Waals surface area contributed by atoms with Crippen molar-refractivity contribution in [3.8, 4) is 11.5 Å². The van der Waals surface area contributed by atoms with Gasteiger partial charge in [-0.3, -0.25) is 0 Å². The Bertz CT molecular complexity index is 289. The number of hydrogen-bond donors (Lipinski definition) is 1. The van der Waals surface area contributed by atoms with E-state index in [1.165, 1.54) is 26.4 Å². The molecular formula is C8H10FNO2. The van der Waals surface area contributed by atoms with Crippen LogP contribution in [-0.4, -0.2) is 14.2 Å². The summed E-state index contributed by atoms with van der Waals surface area (Å²) in [6, 6.07) is 2.70. The van der Waals surface area contributed by atoms with E-state index in [0.29, 0.717) is 5.75 Å². The van der Waals surface area contributed by atoms with Crippen molar-refractivity contribution in [2.24, 2.45) is 0 Å². The molecule has 3 nitrogen and oxygen atoms in total. The van der Waals surface area contributed by atoms with Gasteiger partial charge in [0.15, 0.2) is 11.6 Å². The van der Waals surface area contributed by atoms with Crippen molar-refractivity contribution in [3.05, 3.63) is 17.9 Å². The van der Waals surface area contributed by atoms with Crippen LogP contribution in [0.3, 0.4) is 0 Å². The van der Waals surface area contributed by atoms with Crippen LogP contribution in [0, 0.1) is 5.82 Å². The van der Waals surface area contributed by atoms with E-state index in [0.717, 1.165) is 0 Å². The maximum absolute atomic E-state index is 12.9. The highest BCUT2D eigenvalue weighted by Gasteiger charge is 2.10. The van der Waals surface area contributed by atoms with Crippen molar-refractivity contribution >= 4 is 5.69 Å². The average molecular weight is 171 g/mol. The summed E-state index contributed by atoms with van der Waals surface area (Å²) >= 11 is 0. The van der Waals surface area contributed by atoms with E-state index >= 15 is 0 Å². The molecule has 0 amide bonds. The molecule has 0 fully saturated rings. The molecule has 0 heterocycles. The van der Waals surface area contributed by atoms with Gasteiger partial charge in [-0.05, 0) is 12.1 Å². The van der Waals surface area contributed by atoms with Gasteiger partial charge in [-0.25, -0.2) is 4.39 Å². The lowest BCUT2D eigenvalue weighted by atomic mass is 10.2. The fourth-order valence-electron chi connectivity index (χ4n) is 0.940. The Morgan fingerprint density at radius 1 is 1.25 bits per heavy atom. The van der Waals surface area contributed by atoms with Crippen LogP contribution in [0.5, 0.6) is 11.5 Å². The monoisotopic (exact) mass is 171 g/mol. The minimum Gasteiger partial charge on any atom is -0.494 e. The second kappa shape index (κ2) is 3.30. The molecule has 0 aliphatic heterocycles. The highest BCUT2D eigenvalue weighted by Crippen LogP contribution is 2.33. The SMILES string of the molecule is COc1ccc(F)c(OC)c1N. The van der Waals surface area contributed by atoms with E-state index in [9.17, 15) is 4.39 Å². The molecular weight excluding hydrogens is 161 g/mol. The third kappa shape index (κ3) is 1.28. The van der Waals surface area contributed by atoms with E-state index in [1.807, 2.05) is 0 Å². The number of halogens is 1. The van der Waals surface area contributed by atoms with Crippen LogP contribution in [0.2, 0.25) is 0 Å². The van der Waals surface area contributed by atoms with Gasteiger partial charge in [0.2, 0.25) is 0 Å². The Morgan fingerprint density at radius 3 is 2.42 bits per heavy atom. The molecule has 0 bridgehead atoms. The number of ether oxygens (including phenoxy) is 2. The van der Waals surface area contributed by atoms with Gasteiger partial charge in [0.1, 0.15) is 11.4 Å². The van der Waals surface area contributed by atoms with Gasteiger partial charge in [0.25, 0.3) is 0 Å². The Morgan fingerprint density at radius 2 is 1.92 bits per heavy atom. The molecule has 12 heavy (non-hydrogen) atoms. The number of nitrogen functional groups attached to an aromatic ring is 1. The van der Waals surface area contributed by atoms with Crippen molar-refractivity contribution < 1.29 is 13.9 Å². The van der Waals surface area contributed by atoms with Crippen molar-refractivity contribution in [1.29, 1.82) is 0 Å². The number of benzene rings is 1. The molecule has 0 unspecified atom stereocenters. The number of nitrogens with two attached hydrogens (primary N) is 1. The van der Waals surface area contributed by atoms with Crippen LogP contribution < -0.4 is 15.2 Å². The summed E-state index contributed by atoms with van der Waals surface area (Å²) in [5.41, 5.74) is 5.70. The molecule has 0 radical (unpaired) electrons. The largest absolute Gasteiger partial charge is 0.494 e. The van der Waals surface area contributed by atoms with Crippen LogP contribution >= 0.6 is 0 Å². The van der Waals surface area contributed by atoms with Crippen molar-refractivity contribution in [2.75, 3.05) is 20.0 Å². The van der Waals surface area contributed by atoms with Crippen LogP contribution in [0.15, 0.2) is 12.1 Å². The number of rotatable bonds is 2. The van der Waals surface area contributed by atoms with Crippen molar-refractivity contribution in [3.63, 3.8) is 0 Å². The Balaban J connectivity index is 3.24. The topological polar surface area (TPSA) is 44.5 Å². The second-order valence-corrected chi connectivity index (χ2v) is 2.20. The summed E-state index contributed by atoms with van der Waals surface area (Å²) in [5, 5.41) is 0. The molecule has 1 aromatic rings. The predicted molar refractivity (Wildman–Crippen MR) is 43.9 cm³/mol. The number of anilines is 1. The summed E-state index contributed by atoms with van der Waals surface area (Å²) in [7, 11) is 2.82. The first kappa shape index (κ1) is 8.64. The zero-order valence-corrected chi connectivity index (χ0v) is 6.93. The van der Waals surface area contributed by atoms with E-state index in [-0.39, 0.29) is 11.4 Å². The van der Waals surface area contributed by atoms with Crippen LogP contribution in [-0.2, 0) is 0 Å². The standard InChI is InChI=1S/C8H10FNO2/c1-11-6-4-3-5(9)8(12-2)7(6)10/h3-4H,10H2,1-2H3. The summed E-state index contributed by atoms with van der Waals surface area (Å²) < 4.78 is 22.5. The van der Waals surface area contributed by atoms with Gasteiger partial charge < -0.3 is 15.2 Å². The molecule has 0 aromatic heterocycles. The summed E-state index contributed by atoms with van der Waals surface area (Å²) in [4.78, 5) is 0. The molecule has 0 spiro atoms. The predicted octanol–water partition coefficient (Wildman–Crippen LogP) is 1.43. The first-order valence-electron chi connectivity index (χ1n) is 3.36. The molecule has 0 atom stereocenters. The molecule has 0 saturated heterocycles. The molecule has 4 heteroatoms. The summed E-state index contributed by atoms with van der Waals surface area (Å²) in [6.45, 7) is 0. The van der Waals surface area contributed by atoms with Gasteiger partial charge in [-0.2, -0.15) is 0 Å². The lowest BCUT2D eigenvalue weighted by molar-refractivity contribution is 0.378. The van der Waals surface area contributed by atoms with E-state index in [2.05, 4.69) is 0 Å². The van der Waals surface area contributed by atoms with Gasteiger partial charge in [0.05, 0.1) is 14.2 Å². The summed E-state index contributed by atoms with van der Waals surface area (Å²) in [5.74, 6) is -0.0570. The van der Waals surface area contributed by atoms with E-state index < -0.39 is 5.82 Å². The minimum absolute atomic E-state index is 0.0225. The maximum atomic E-state index is 12.9. The van der Waals surface area contributed by atoms with Gasteiger partial charge in [-0.15, -0.1) is 0 Å². The zero-order chi connectivity index (χ0) is 9.14. The van der Waals surface area contributed by atoms with Crippen molar-refractivity contribution in [1.82, 2.24) is 0 Å². The number of hydrogen-bond acceptors (Lipinski definition) is 3. The van der Waals surface area contributed by atoms with Crippen molar-refractivity contribution in [2.45, 2.75) is 0 Å². The van der Waals surface area contributed by atoms with E-state index in [1.54, 1.807) is 0 Å². The fourth-order valence-corrected chi connectivity index (χ4v) is 0.940. The third-order valence-electron chi connectivity index (χ3n) is 1.53. The van der Waals surface area contributed by atoms with Crippen LogP contribution in [0.4, 0.5) is 10.1 Å². The lowest BCUT2D eigenvalue weighted by Crippen LogP contribution is -1.98. The highest BCUT2D eigenvalue weighted by molar-refractivity contribution is 5.63. The lowest BCUT2D eigenvalue weighted by Gasteiger charge is -2.09. The number of methoxy groups -OCH3 is 2.